The maximum Gasteiger partial charge on any atom is 0.0731 e. The van der Waals surface area contributed by atoms with Crippen molar-refractivity contribution in [3.63, 3.8) is 0 Å². The molecule has 1 heterocycles. The van der Waals surface area contributed by atoms with Gasteiger partial charge < -0.3 is 10.1 Å². The Labute approximate surface area is 131 Å². The van der Waals surface area contributed by atoms with Gasteiger partial charge in [-0.2, -0.15) is 0 Å². The van der Waals surface area contributed by atoms with E-state index >= 15 is 0 Å². The van der Waals surface area contributed by atoms with Gasteiger partial charge in [0.15, 0.2) is 0 Å². The number of benzene rings is 1. The Balaban J connectivity index is 1.76. The van der Waals surface area contributed by atoms with Crippen LogP contribution in [0.25, 0.3) is 6.08 Å². The van der Waals surface area contributed by atoms with Crippen LogP contribution in [0.2, 0.25) is 0 Å². The molecule has 2 rings (SSSR count). The molecule has 0 aliphatic heterocycles. The first-order valence-electron chi connectivity index (χ1n) is 7.38. The van der Waals surface area contributed by atoms with Crippen molar-refractivity contribution in [2.24, 2.45) is 0 Å². The third-order valence-electron chi connectivity index (χ3n) is 3.20. The molecule has 21 heavy (non-hydrogen) atoms. The first-order valence-corrected chi connectivity index (χ1v) is 8.19. The maximum atomic E-state index is 5.74. The maximum absolute atomic E-state index is 5.74. The zero-order valence-electron chi connectivity index (χ0n) is 12.8. The van der Waals surface area contributed by atoms with Crippen LogP contribution in [0.15, 0.2) is 42.5 Å². The molecule has 0 radical (unpaired) electrons. The van der Waals surface area contributed by atoms with Crippen LogP contribution in [0.4, 0.5) is 0 Å². The van der Waals surface area contributed by atoms with Crippen LogP contribution >= 0.6 is 11.3 Å². The molecule has 0 amide bonds. The highest BCUT2D eigenvalue weighted by Crippen LogP contribution is 2.22. The highest BCUT2D eigenvalue weighted by atomic mass is 32.1. The molecule has 1 N–H and O–H groups in total. The molecule has 0 saturated carbocycles. The van der Waals surface area contributed by atoms with Crippen molar-refractivity contribution in [2.45, 2.75) is 27.0 Å². The Morgan fingerprint density at radius 2 is 2.05 bits per heavy atom. The summed E-state index contributed by atoms with van der Waals surface area (Å²) in [5, 5.41) is 3.36. The minimum absolute atomic E-state index is 0.646. The second-order valence-electron chi connectivity index (χ2n) is 4.90. The molecule has 1 aromatic carbocycles. The number of rotatable bonds is 8. The van der Waals surface area contributed by atoms with E-state index < -0.39 is 0 Å². The lowest BCUT2D eigenvalue weighted by Gasteiger charge is -2.00. The Kier molecular flexibility index (Phi) is 6.67. The van der Waals surface area contributed by atoms with Gasteiger partial charge in [0, 0.05) is 16.3 Å². The van der Waals surface area contributed by atoms with Crippen LogP contribution in [0.5, 0.6) is 0 Å². The fourth-order valence-corrected chi connectivity index (χ4v) is 3.07. The van der Waals surface area contributed by atoms with Gasteiger partial charge in [-0.3, -0.25) is 0 Å². The highest BCUT2D eigenvalue weighted by Gasteiger charge is 2.04. The van der Waals surface area contributed by atoms with Crippen LogP contribution in [0, 0.1) is 6.92 Å². The number of nitrogens with one attached hydrogen (secondary N) is 1. The Bertz CT molecular complexity index is 560. The van der Waals surface area contributed by atoms with Crippen LogP contribution in [-0.4, -0.2) is 13.2 Å². The number of aryl methyl sites for hydroxylation is 1. The molecule has 0 fully saturated rings. The summed E-state index contributed by atoms with van der Waals surface area (Å²) < 4.78 is 5.74. The van der Waals surface area contributed by atoms with E-state index in [4.69, 9.17) is 4.74 Å². The molecule has 112 valence electrons. The Morgan fingerprint density at radius 3 is 2.81 bits per heavy atom. The average Bonchev–Trinajstić information content (AvgIpc) is 2.86. The summed E-state index contributed by atoms with van der Waals surface area (Å²) in [4.78, 5) is 2.74. The van der Waals surface area contributed by atoms with Crippen LogP contribution in [-0.2, 0) is 17.9 Å². The molecule has 2 nitrogen and oxygen atoms in total. The summed E-state index contributed by atoms with van der Waals surface area (Å²) in [6.45, 7) is 7.59. The first kappa shape index (κ1) is 16.0. The van der Waals surface area contributed by atoms with Crippen molar-refractivity contribution in [1.82, 2.24) is 5.32 Å². The molecule has 0 saturated heterocycles. The fraction of sp³-hybridized carbons (Fsp3) is 0.333. The van der Waals surface area contributed by atoms with E-state index in [1.54, 1.807) is 0 Å². The zero-order valence-corrected chi connectivity index (χ0v) is 13.6. The predicted molar refractivity (Wildman–Crippen MR) is 91.6 cm³/mol. The van der Waals surface area contributed by atoms with E-state index in [1.807, 2.05) is 29.5 Å². The molecular weight excluding hydrogens is 278 g/mol. The SMILES string of the molecule is CCNCc1cc(COC/C=C/c2ccccc2)c(C)s1. The van der Waals surface area contributed by atoms with E-state index in [0.29, 0.717) is 13.2 Å². The van der Waals surface area contributed by atoms with Gasteiger partial charge >= 0.3 is 0 Å². The van der Waals surface area contributed by atoms with E-state index in [9.17, 15) is 0 Å². The fourth-order valence-electron chi connectivity index (χ4n) is 2.05. The van der Waals surface area contributed by atoms with Gasteiger partial charge in [-0.1, -0.05) is 49.4 Å². The van der Waals surface area contributed by atoms with Crippen LogP contribution < -0.4 is 5.32 Å². The predicted octanol–water partition coefficient (Wildman–Crippen LogP) is 4.40. The number of ether oxygens (including phenoxy) is 1. The topological polar surface area (TPSA) is 21.3 Å². The summed E-state index contributed by atoms with van der Waals surface area (Å²) in [5.41, 5.74) is 2.52. The third kappa shape index (κ3) is 5.46. The lowest BCUT2D eigenvalue weighted by molar-refractivity contribution is 0.149. The van der Waals surface area contributed by atoms with E-state index in [-0.39, 0.29) is 0 Å². The van der Waals surface area contributed by atoms with Crippen LogP contribution in [0.1, 0.15) is 27.8 Å². The third-order valence-corrected chi connectivity index (χ3v) is 4.30. The molecule has 3 heteroatoms. The summed E-state index contributed by atoms with van der Waals surface area (Å²) in [5.74, 6) is 0. The standard InChI is InChI=1S/C18H23NOS/c1-3-19-13-18-12-17(15(2)21-18)14-20-11-7-10-16-8-5-4-6-9-16/h4-10,12,19H,3,11,13-14H2,1-2H3/b10-7+. The lowest BCUT2D eigenvalue weighted by Crippen LogP contribution is -2.10. The minimum Gasteiger partial charge on any atom is -0.373 e. The van der Waals surface area contributed by atoms with Crippen molar-refractivity contribution in [3.8, 4) is 0 Å². The second-order valence-corrected chi connectivity index (χ2v) is 6.24. The van der Waals surface area contributed by atoms with E-state index in [2.05, 4.69) is 49.5 Å². The molecule has 0 aliphatic carbocycles. The molecule has 2 aromatic rings. The Morgan fingerprint density at radius 1 is 1.24 bits per heavy atom. The lowest BCUT2D eigenvalue weighted by atomic mass is 10.2. The smallest absolute Gasteiger partial charge is 0.0731 e. The minimum atomic E-state index is 0.646. The summed E-state index contributed by atoms with van der Waals surface area (Å²) in [6, 6.07) is 12.5. The first-order chi connectivity index (χ1) is 10.3. The molecular formula is C18H23NOS. The molecule has 0 bridgehead atoms. The highest BCUT2D eigenvalue weighted by molar-refractivity contribution is 7.12. The van der Waals surface area contributed by atoms with E-state index in [1.165, 1.54) is 20.9 Å². The van der Waals surface area contributed by atoms with Crippen molar-refractivity contribution < 1.29 is 4.74 Å². The number of hydrogen-bond donors (Lipinski definition) is 1. The molecule has 1 aromatic heterocycles. The van der Waals surface area contributed by atoms with Gasteiger partial charge in [0.2, 0.25) is 0 Å². The van der Waals surface area contributed by atoms with Crippen molar-refractivity contribution in [2.75, 3.05) is 13.2 Å². The summed E-state index contributed by atoms with van der Waals surface area (Å²) >= 11 is 1.85. The van der Waals surface area contributed by atoms with Gasteiger partial charge in [0.1, 0.15) is 0 Å². The van der Waals surface area contributed by atoms with Gasteiger partial charge in [0.05, 0.1) is 13.2 Å². The van der Waals surface area contributed by atoms with Crippen molar-refractivity contribution in [1.29, 1.82) is 0 Å². The quantitative estimate of drug-likeness (QED) is 0.730. The van der Waals surface area contributed by atoms with E-state index in [0.717, 1.165) is 13.1 Å². The number of thiophene rings is 1. The largest absolute Gasteiger partial charge is 0.373 e. The van der Waals surface area contributed by atoms with Crippen molar-refractivity contribution >= 4 is 17.4 Å². The number of hydrogen-bond acceptors (Lipinski definition) is 3. The van der Waals surface area contributed by atoms with Gasteiger partial charge in [0.25, 0.3) is 0 Å². The van der Waals surface area contributed by atoms with Crippen molar-refractivity contribution in [3.05, 3.63) is 63.4 Å². The molecule has 0 unspecified atom stereocenters. The normalized spacial score (nSPS) is 11.3. The molecule has 0 spiro atoms. The van der Waals surface area contributed by atoms with Crippen LogP contribution in [0.3, 0.4) is 0 Å². The molecule has 0 atom stereocenters. The Hall–Kier alpha value is -1.42. The van der Waals surface area contributed by atoms with Gasteiger partial charge in [-0.05, 0) is 30.7 Å². The van der Waals surface area contributed by atoms with Gasteiger partial charge in [-0.15, -0.1) is 11.3 Å². The zero-order chi connectivity index (χ0) is 14.9. The monoisotopic (exact) mass is 301 g/mol. The molecule has 0 aliphatic rings. The summed E-state index contributed by atoms with van der Waals surface area (Å²) in [6.07, 6.45) is 4.16. The average molecular weight is 301 g/mol. The second kappa shape index (κ2) is 8.78. The summed E-state index contributed by atoms with van der Waals surface area (Å²) in [7, 11) is 0. The van der Waals surface area contributed by atoms with Gasteiger partial charge in [-0.25, -0.2) is 0 Å².